The summed E-state index contributed by atoms with van der Waals surface area (Å²) in [6.45, 7) is 2.76. The highest BCUT2D eigenvalue weighted by atomic mass is 16.4. The van der Waals surface area contributed by atoms with E-state index in [0.717, 1.165) is 24.8 Å². The number of carbonyl (C=O) groups is 2. The molecule has 27 heavy (non-hydrogen) atoms. The third-order valence-electron chi connectivity index (χ3n) is 6.01. The first-order valence-corrected chi connectivity index (χ1v) is 10.1. The maximum absolute atomic E-state index is 12.5. The van der Waals surface area contributed by atoms with Gasteiger partial charge < -0.3 is 15.7 Å². The minimum absolute atomic E-state index is 0.0477. The number of carboxylic acid groups (broad SMARTS) is 1. The molecule has 0 spiro atoms. The summed E-state index contributed by atoms with van der Waals surface area (Å²) in [5.41, 5.74) is 1.16. The van der Waals surface area contributed by atoms with Crippen LogP contribution in [0.2, 0.25) is 0 Å². The number of urea groups is 1. The molecule has 0 heterocycles. The van der Waals surface area contributed by atoms with Crippen LogP contribution in [0, 0.1) is 5.92 Å². The minimum Gasteiger partial charge on any atom is -0.480 e. The Kier molecular flexibility index (Phi) is 6.72. The van der Waals surface area contributed by atoms with Crippen molar-refractivity contribution in [3.8, 4) is 0 Å². The molecule has 148 valence electrons. The van der Waals surface area contributed by atoms with E-state index in [-0.39, 0.29) is 30.7 Å². The van der Waals surface area contributed by atoms with Gasteiger partial charge in [0, 0.05) is 12.1 Å². The van der Waals surface area contributed by atoms with E-state index in [1.54, 1.807) is 0 Å². The number of likely N-dealkylation sites (N-methyl/N-ethyl adjacent to an activating group) is 1. The lowest BCUT2D eigenvalue weighted by atomic mass is 9.79. The number of carboxylic acids is 1. The number of carbonyl (C=O) groups excluding carboxylic acids is 1. The molecule has 0 aliphatic heterocycles. The molecular weight excluding hydrogens is 342 g/mol. The summed E-state index contributed by atoms with van der Waals surface area (Å²) in [5.74, 6) is -0.0922. The topological polar surface area (TPSA) is 81.7 Å². The van der Waals surface area contributed by atoms with Gasteiger partial charge in [-0.25, -0.2) is 4.79 Å². The van der Waals surface area contributed by atoms with Crippen LogP contribution in [0.15, 0.2) is 30.3 Å². The Hall–Kier alpha value is -2.08. The quantitative estimate of drug-likeness (QED) is 0.621. The van der Waals surface area contributed by atoms with E-state index in [0.29, 0.717) is 12.5 Å². The molecular formula is C21H31N3O3. The van der Waals surface area contributed by atoms with Crippen molar-refractivity contribution in [3.63, 3.8) is 0 Å². The van der Waals surface area contributed by atoms with E-state index in [2.05, 4.69) is 22.8 Å². The van der Waals surface area contributed by atoms with Gasteiger partial charge in [0.15, 0.2) is 0 Å². The first-order chi connectivity index (χ1) is 13.0. The second-order valence-corrected chi connectivity index (χ2v) is 7.89. The molecule has 6 heteroatoms. The first kappa shape index (κ1) is 19.7. The largest absolute Gasteiger partial charge is 0.480 e. The van der Waals surface area contributed by atoms with Crippen molar-refractivity contribution in [2.45, 2.75) is 63.6 Å². The Morgan fingerprint density at radius 2 is 1.93 bits per heavy atom. The minimum atomic E-state index is -0.798. The van der Waals surface area contributed by atoms with Gasteiger partial charge in [0.1, 0.15) is 0 Å². The maximum Gasteiger partial charge on any atom is 0.317 e. The van der Waals surface area contributed by atoms with Gasteiger partial charge in [-0.1, -0.05) is 56.5 Å². The summed E-state index contributed by atoms with van der Waals surface area (Å²) in [4.78, 5) is 25.4. The second kappa shape index (κ2) is 9.22. The Balaban J connectivity index is 1.48. The fourth-order valence-electron chi connectivity index (χ4n) is 4.09. The van der Waals surface area contributed by atoms with Crippen LogP contribution in [0.25, 0.3) is 0 Å². The van der Waals surface area contributed by atoms with Gasteiger partial charge in [-0.3, -0.25) is 9.69 Å². The third kappa shape index (κ3) is 5.45. The molecule has 3 N–H and O–H groups in total. The lowest BCUT2D eigenvalue weighted by Gasteiger charge is -2.42. The van der Waals surface area contributed by atoms with Crippen LogP contribution in [0.3, 0.4) is 0 Å². The van der Waals surface area contributed by atoms with Gasteiger partial charge in [0.05, 0.1) is 12.6 Å². The van der Waals surface area contributed by atoms with Crippen LogP contribution in [0.4, 0.5) is 4.79 Å². The number of hydrogen-bond acceptors (Lipinski definition) is 3. The predicted octanol–water partition coefficient (Wildman–Crippen LogP) is 3.15. The molecule has 0 aromatic heterocycles. The molecule has 2 fully saturated rings. The van der Waals surface area contributed by atoms with E-state index in [1.165, 1.54) is 19.3 Å². The highest BCUT2D eigenvalue weighted by Gasteiger charge is 2.35. The summed E-state index contributed by atoms with van der Waals surface area (Å²) in [6.07, 6.45) is 6.43. The van der Waals surface area contributed by atoms with Gasteiger partial charge in [0.2, 0.25) is 0 Å². The first-order valence-electron chi connectivity index (χ1n) is 10.1. The SMILES string of the molecule is CCN(CC(=O)O)C1CC(NC(=O)NC(CC2CCC2)c2ccccc2)C1. The predicted molar refractivity (Wildman–Crippen MR) is 105 cm³/mol. The van der Waals surface area contributed by atoms with E-state index < -0.39 is 5.97 Å². The smallest absolute Gasteiger partial charge is 0.317 e. The Morgan fingerprint density at radius 3 is 2.48 bits per heavy atom. The van der Waals surface area contributed by atoms with Gasteiger partial charge in [-0.05, 0) is 37.3 Å². The van der Waals surface area contributed by atoms with Gasteiger partial charge in [-0.2, -0.15) is 0 Å². The molecule has 2 aliphatic carbocycles. The van der Waals surface area contributed by atoms with Crippen molar-refractivity contribution in [1.82, 2.24) is 15.5 Å². The van der Waals surface area contributed by atoms with Crippen molar-refractivity contribution >= 4 is 12.0 Å². The van der Waals surface area contributed by atoms with Gasteiger partial charge in [0.25, 0.3) is 0 Å². The molecule has 0 bridgehead atoms. The van der Waals surface area contributed by atoms with E-state index in [1.807, 2.05) is 30.0 Å². The lowest BCUT2D eigenvalue weighted by Crippen LogP contribution is -2.56. The third-order valence-corrected chi connectivity index (χ3v) is 6.01. The summed E-state index contributed by atoms with van der Waals surface area (Å²) < 4.78 is 0. The van der Waals surface area contributed by atoms with Crippen molar-refractivity contribution in [1.29, 1.82) is 0 Å². The number of amides is 2. The summed E-state index contributed by atoms with van der Waals surface area (Å²) in [7, 11) is 0. The van der Waals surface area contributed by atoms with Gasteiger partial charge >= 0.3 is 12.0 Å². The fraction of sp³-hybridized carbons (Fsp3) is 0.619. The average Bonchev–Trinajstić information content (AvgIpc) is 2.58. The number of aliphatic carboxylic acids is 1. The number of nitrogens with one attached hydrogen (secondary N) is 2. The number of benzene rings is 1. The molecule has 1 unspecified atom stereocenters. The van der Waals surface area contributed by atoms with Crippen LogP contribution in [-0.2, 0) is 4.79 Å². The Labute approximate surface area is 161 Å². The lowest BCUT2D eigenvalue weighted by molar-refractivity contribution is -0.139. The Morgan fingerprint density at radius 1 is 1.22 bits per heavy atom. The van der Waals surface area contributed by atoms with E-state index >= 15 is 0 Å². The zero-order chi connectivity index (χ0) is 19.2. The maximum atomic E-state index is 12.5. The highest BCUT2D eigenvalue weighted by Crippen LogP contribution is 2.34. The Bertz CT molecular complexity index is 627. The normalized spacial score (nSPS) is 23.2. The molecule has 2 aliphatic rings. The van der Waals surface area contributed by atoms with Crippen molar-refractivity contribution in [2.24, 2.45) is 5.92 Å². The fourth-order valence-corrected chi connectivity index (χ4v) is 4.09. The number of rotatable bonds is 9. The molecule has 2 saturated carbocycles. The van der Waals surface area contributed by atoms with Crippen molar-refractivity contribution < 1.29 is 14.7 Å². The van der Waals surface area contributed by atoms with Crippen molar-refractivity contribution in [2.75, 3.05) is 13.1 Å². The van der Waals surface area contributed by atoms with E-state index in [4.69, 9.17) is 5.11 Å². The molecule has 2 amide bonds. The monoisotopic (exact) mass is 373 g/mol. The van der Waals surface area contributed by atoms with E-state index in [9.17, 15) is 9.59 Å². The number of hydrogen-bond donors (Lipinski definition) is 3. The van der Waals surface area contributed by atoms with Crippen LogP contribution in [0.5, 0.6) is 0 Å². The van der Waals surface area contributed by atoms with Crippen LogP contribution >= 0.6 is 0 Å². The molecule has 0 saturated heterocycles. The van der Waals surface area contributed by atoms with Crippen LogP contribution in [0.1, 0.15) is 57.1 Å². The molecule has 3 rings (SSSR count). The molecule has 6 nitrogen and oxygen atoms in total. The zero-order valence-electron chi connectivity index (χ0n) is 16.1. The molecule has 1 atom stereocenters. The molecule has 1 aromatic rings. The second-order valence-electron chi connectivity index (χ2n) is 7.89. The standard InChI is InChI=1S/C21H31N3O3/c1-2-24(14-20(25)26)18-12-17(13-18)22-21(27)23-19(11-15-7-6-8-15)16-9-4-3-5-10-16/h3-5,9-10,15,17-19H,2,6-8,11-14H2,1H3,(H,25,26)(H2,22,23,27). The van der Waals surface area contributed by atoms with Crippen LogP contribution in [-0.4, -0.2) is 47.2 Å². The highest BCUT2D eigenvalue weighted by molar-refractivity contribution is 5.75. The molecule has 0 radical (unpaired) electrons. The average molecular weight is 373 g/mol. The van der Waals surface area contributed by atoms with Crippen LogP contribution < -0.4 is 10.6 Å². The molecule has 1 aromatic carbocycles. The zero-order valence-corrected chi connectivity index (χ0v) is 16.1. The summed E-state index contributed by atoms with van der Waals surface area (Å²) >= 11 is 0. The van der Waals surface area contributed by atoms with Gasteiger partial charge in [-0.15, -0.1) is 0 Å². The van der Waals surface area contributed by atoms with Crippen molar-refractivity contribution in [3.05, 3.63) is 35.9 Å². The number of nitrogens with zero attached hydrogens (tertiary/aromatic N) is 1. The summed E-state index contributed by atoms with van der Waals surface area (Å²) in [5, 5.41) is 15.2. The summed E-state index contributed by atoms with van der Waals surface area (Å²) in [6, 6.07) is 10.5.